The van der Waals surface area contributed by atoms with Gasteiger partial charge in [-0.2, -0.15) is 0 Å². The van der Waals surface area contributed by atoms with Gasteiger partial charge in [0.15, 0.2) is 11.5 Å². The van der Waals surface area contributed by atoms with E-state index in [1.165, 1.54) is 26.2 Å². The van der Waals surface area contributed by atoms with Gasteiger partial charge in [-0.15, -0.1) is 0 Å². The van der Waals surface area contributed by atoms with Crippen molar-refractivity contribution in [1.82, 2.24) is 10.3 Å². The first kappa shape index (κ1) is 28.8. The van der Waals surface area contributed by atoms with Crippen LogP contribution in [0.4, 0.5) is 11.4 Å². The monoisotopic (exact) mass is 557 g/mol. The van der Waals surface area contributed by atoms with E-state index in [1.54, 1.807) is 60.9 Å². The molecule has 0 radical (unpaired) electrons. The zero-order valence-electron chi connectivity index (χ0n) is 22.8. The average Bonchev–Trinajstić information content (AvgIpc) is 2.96. The number of nitrogens with two attached hydrogens (primary N) is 1. The molecule has 1 aromatic heterocycles. The first-order chi connectivity index (χ1) is 19.7. The predicted molar refractivity (Wildman–Crippen MR) is 155 cm³/mol. The van der Waals surface area contributed by atoms with Crippen molar-refractivity contribution >= 4 is 39.9 Å². The number of benzene rings is 3. The quantitative estimate of drug-likeness (QED) is 0.158. The van der Waals surface area contributed by atoms with E-state index in [-0.39, 0.29) is 5.91 Å². The number of aliphatic carboxylic acids is 1. The maximum Gasteiger partial charge on any atom is 0.305 e. The van der Waals surface area contributed by atoms with Crippen LogP contribution in [0.15, 0.2) is 79.1 Å². The van der Waals surface area contributed by atoms with Crippen molar-refractivity contribution in [2.75, 3.05) is 24.5 Å². The van der Waals surface area contributed by atoms with E-state index in [0.29, 0.717) is 34.0 Å². The van der Waals surface area contributed by atoms with E-state index in [4.69, 9.17) is 15.3 Å². The van der Waals surface area contributed by atoms with E-state index in [1.807, 2.05) is 18.2 Å². The number of anilines is 2. The van der Waals surface area contributed by atoms with Crippen LogP contribution in [0.5, 0.6) is 11.5 Å². The van der Waals surface area contributed by atoms with Crippen LogP contribution in [0.3, 0.4) is 0 Å². The number of pyridine rings is 1. The molecule has 41 heavy (non-hydrogen) atoms. The summed E-state index contributed by atoms with van der Waals surface area (Å²) in [5.74, 6) is 5.56. The molecule has 2 amide bonds. The van der Waals surface area contributed by atoms with Crippen molar-refractivity contribution in [3.8, 4) is 11.5 Å². The number of nitrogens with zero attached hydrogens (tertiary/aromatic N) is 2. The maximum absolute atomic E-state index is 14.0. The van der Waals surface area contributed by atoms with Crippen molar-refractivity contribution < 1.29 is 29.0 Å². The van der Waals surface area contributed by atoms with E-state index in [2.05, 4.69) is 15.6 Å². The van der Waals surface area contributed by atoms with Gasteiger partial charge in [0.1, 0.15) is 6.04 Å². The first-order valence-electron chi connectivity index (χ1n) is 12.7. The number of carboxylic acid groups (broad SMARTS) is 1. The highest BCUT2D eigenvalue weighted by Crippen LogP contribution is 2.34. The lowest BCUT2D eigenvalue weighted by Crippen LogP contribution is -2.45. The topological polar surface area (TPSA) is 156 Å². The molecule has 212 valence electrons. The van der Waals surface area contributed by atoms with Gasteiger partial charge in [-0.25, -0.2) is 5.84 Å². The van der Waals surface area contributed by atoms with Gasteiger partial charge in [0.25, 0.3) is 0 Å². The Bertz CT molecular complexity index is 1580. The Morgan fingerprint density at radius 1 is 0.951 bits per heavy atom. The number of carbonyl (C=O) groups excluding carboxylic acids is 2. The van der Waals surface area contributed by atoms with E-state index in [0.717, 1.165) is 10.8 Å². The van der Waals surface area contributed by atoms with Crippen LogP contribution in [-0.2, 0) is 14.4 Å². The van der Waals surface area contributed by atoms with Gasteiger partial charge in [-0.05, 0) is 59.0 Å². The highest BCUT2D eigenvalue weighted by atomic mass is 16.5. The van der Waals surface area contributed by atoms with Crippen LogP contribution in [0.25, 0.3) is 10.8 Å². The molecule has 0 aliphatic heterocycles. The van der Waals surface area contributed by atoms with Crippen molar-refractivity contribution in [1.29, 1.82) is 0 Å². The van der Waals surface area contributed by atoms with Gasteiger partial charge in [0.05, 0.1) is 32.4 Å². The standard InChI is InChI=1S/C30H31N5O6/c1-18(36)33-23-6-4-5-20(13-23)25(16-28(37)38)34-30(39)29(21-8-10-26(40-2)27(15-21)41-3)35(31)24-9-7-22-17-32-12-11-19(22)14-24/h4-15,17,25,29H,16,31H2,1-3H3,(H,33,36)(H,34,39)(H,37,38)/t25?,29-/m1/s1. The molecular weight excluding hydrogens is 526 g/mol. The van der Waals surface area contributed by atoms with Crippen molar-refractivity contribution in [3.05, 3.63) is 90.3 Å². The summed E-state index contributed by atoms with van der Waals surface area (Å²) in [6, 6.07) is 16.9. The molecule has 0 saturated carbocycles. The van der Waals surface area contributed by atoms with Crippen LogP contribution >= 0.6 is 0 Å². The number of amides is 2. The molecule has 1 unspecified atom stereocenters. The Labute approximate surface area is 236 Å². The van der Waals surface area contributed by atoms with Crippen molar-refractivity contribution in [2.45, 2.75) is 25.4 Å². The summed E-state index contributed by atoms with van der Waals surface area (Å²) in [4.78, 5) is 41.5. The molecule has 3 aromatic carbocycles. The first-order valence-corrected chi connectivity index (χ1v) is 12.7. The predicted octanol–water partition coefficient (Wildman–Crippen LogP) is 3.96. The largest absolute Gasteiger partial charge is 0.493 e. The lowest BCUT2D eigenvalue weighted by atomic mass is 9.99. The minimum Gasteiger partial charge on any atom is -0.493 e. The molecule has 0 saturated heterocycles. The number of carboxylic acids is 1. The molecular formula is C30H31N5O6. The highest BCUT2D eigenvalue weighted by Gasteiger charge is 2.30. The van der Waals surface area contributed by atoms with Gasteiger partial charge in [0, 0.05) is 30.4 Å². The Morgan fingerprint density at radius 3 is 2.44 bits per heavy atom. The molecule has 5 N–H and O–H groups in total. The van der Waals surface area contributed by atoms with Gasteiger partial charge in [-0.3, -0.25) is 24.4 Å². The van der Waals surface area contributed by atoms with Gasteiger partial charge in [0.2, 0.25) is 11.8 Å². The molecule has 11 heteroatoms. The molecule has 4 rings (SSSR count). The fourth-order valence-electron chi connectivity index (χ4n) is 4.56. The van der Waals surface area contributed by atoms with Crippen LogP contribution in [0, 0.1) is 0 Å². The number of rotatable bonds is 11. The minimum atomic E-state index is -1.12. The zero-order chi connectivity index (χ0) is 29.5. The average molecular weight is 558 g/mol. The molecule has 0 aliphatic carbocycles. The lowest BCUT2D eigenvalue weighted by molar-refractivity contribution is -0.137. The summed E-state index contributed by atoms with van der Waals surface area (Å²) in [5, 5.41) is 18.3. The molecule has 11 nitrogen and oxygen atoms in total. The Balaban J connectivity index is 1.75. The van der Waals surface area contributed by atoms with Gasteiger partial charge < -0.3 is 25.2 Å². The second kappa shape index (κ2) is 12.8. The van der Waals surface area contributed by atoms with E-state index < -0.39 is 30.4 Å². The number of hydrazine groups is 1. The summed E-state index contributed by atoms with van der Waals surface area (Å²) in [5.41, 5.74) is 2.00. The summed E-state index contributed by atoms with van der Waals surface area (Å²) >= 11 is 0. The number of ether oxygens (including phenoxy) is 2. The smallest absolute Gasteiger partial charge is 0.305 e. The van der Waals surface area contributed by atoms with Crippen molar-refractivity contribution in [2.24, 2.45) is 5.84 Å². The third-order valence-corrected chi connectivity index (χ3v) is 6.48. The number of hydrogen-bond donors (Lipinski definition) is 4. The third kappa shape index (κ3) is 6.89. The number of hydrogen-bond acceptors (Lipinski definition) is 8. The fourth-order valence-corrected chi connectivity index (χ4v) is 4.56. The van der Waals surface area contributed by atoms with Gasteiger partial charge >= 0.3 is 5.97 Å². The molecule has 0 aliphatic rings. The highest BCUT2D eigenvalue weighted by molar-refractivity contribution is 5.90. The van der Waals surface area contributed by atoms with Gasteiger partial charge in [-0.1, -0.05) is 24.3 Å². The third-order valence-electron chi connectivity index (χ3n) is 6.48. The van der Waals surface area contributed by atoms with E-state index in [9.17, 15) is 19.5 Å². The van der Waals surface area contributed by atoms with Crippen LogP contribution < -0.4 is 31.0 Å². The van der Waals surface area contributed by atoms with Crippen molar-refractivity contribution in [3.63, 3.8) is 0 Å². The summed E-state index contributed by atoms with van der Waals surface area (Å²) < 4.78 is 10.8. The Morgan fingerprint density at radius 2 is 1.73 bits per heavy atom. The number of nitrogens with one attached hydrogen (secondary N) is 2. The number of methoxy groups -OCH3 is 2. The molecule has 0 fully saturated rings. The molecule has 4 aromatic rings. The van der Waals surface area contributed by atoms with E-state index >= 15 is 0 Å². The summed E-state index contributed by atoms with van der Waals surface area (Å²) in [7, 11) is 2.99. The Kier molecular flexibility index (Phi) is 9.00. The zero-order valence-corrected chi connectivity index (χ0v) is 22.8. The number of carbonyl (C=O) groups is 3. The number of aromatic nitrogens is 1. The van der Waals surface area contributed by atoms with Crippen LogP contribution in [0.1, 0.15) is 36.6 Å². The second-order valence-electron chi connectivity index (χ2n) is 9.30. The molecule has 0 spiro atoms. The van der Waals surface area contributed by atoms with Crippen LogP contribution in [-0.4, -0.2) is 42.1 Å². The van der Waals surface area contributed by atoms with Crippen LogP contribution in [0.2, 0.25) is 0 Å². The SMILES string of the molecule is COc1ccc([C@H](C(=O)NC(CC(=O)O)c2cccc(NC(C)=O)c2)N(N)c2ccc3cnccc3c2)cc1OC. The minimum absolute atomic E-state index is 0.278. The second-order valence-corrected chi connectivity index (χ2v) is 9.30. The summed E-state index contributed by atoms with van der Waals surface area (Å²) in [6.07, 6.45) is 2.99. The normalized spacial score (nSPS) is 12.2. The summed E-state index contributed by atoms with van der Waals surface area (Å²) in [6.45, 7) is 1.37. The number of fused-ring (bicyclic) bond motifs is 1. The maximum atomic E-state index is 14.0. The molecule has 0 bridgehead atoms. The molecule has 2 atom stereocenters. The fraction of sp³-hybridized carbons (Fsp3) is 0.200. The molecule has 1 heterocycles. The Hall–Kier alpha value is -5.16. The lowest BCUT2D eigenvalue weighted by Gasteiger charge is -2.31.